The monoisotopic (exact) mass is 590 g/mol. The number of para-hydroxylation sites is 1. The fourth-order valence-electron chi connectivity index (χ4n) is 6.34. The number of aromatic amines is 1. The molecule has 2 aliphatic heterocycles. The zero-order valence-electron chi connectivity index (χ0n) is 23.5. The quantitative estimate of drug-likeness (QED) is 0.339. The van der Waals surface area contributed by atoms with E-state index in [-0.39, 0.29) is 51.0 Å². The molecular formula is C31H27ClN2O8. The first-order valence-corrected chi connectivity index (χ1v) is 13.6. The van der Waals surface area contributed by atoms with Crippen molar-refractivity contribution in [3.8, 4) is 17.2 Å². The van der Waals surface area contributed by atoms with Crippen molar-refractivity contribution >= 4 is 40.0 Å². The number of esters is 1. The highest BCUT2D eigenvalue weighted by molar-refractivity contribution is 6.36. The smallest absolute Gasteiger partial charge is 0.336 e. The zero-order chi connectivity index (χ0) is 30.1. The van der Waals surface area contributed by atoms with Crippen molar-refractivity contribution in [2.24, 2.45) is 5.92 Å². The Balaban J connectivity index is 1.59. The maximum Gasteiger partial charge on any atom is 0.336 e. The minimum atomic E-state index is -2.03. The number of aromatic nitrogens is 1. The Morgan fingerprint density at radius 1 is 1.05 bits per heavy atom. The fourth-order valence-corrected chi connectivity index (χ4v) is 6.61. The van der Waals surface area contributed by atoms with E-state index >= 15 is 0 Å². The molecule has 0 bridgehead atoms. The SMILES string of the molecule is COC(=O)C1=C(C)NC2=C(C(=O)C3(Oc4c(Cl)c(OC)cc(OC)c4C3=O)C(C)C2)C1c1cc2ccccc2[nH]c1=O. The molecule has 3 atom stereocenters. The predicted octanol–water partition coefficient (Wildman–Crippen LogP) is 4.21. The number of benzene rings is 2. The van der Waals surface area contributed by atoms with Crippen LogP contribution < -0.4 is 25.1 Å². The van der Waals surface area contributed by atoms with E-state index in [1.807, 2.05) is 12.1 Å². The summed E-state index contributed by atoms with van der Waals surface area (Å²) < 4.78 is 22.2. The summed E-state index contributed by atoms with van der Waals surface area (Å²) >= 11 is 6.58. The molecule has 0 saturated carbocycles. The maximum atomic E-state index is 14.8. The number of pyridine rings is 1. The van der Waals surface area contributed by atoms with Crippen LogP contribution in [-0.2, 0) is 14.3 Å². The Hall–Kier alpha value is -4.57. The summed E-state index contributed by atoms with van der Waals surface area (Å²) in [5.41, 5.74) is -0.668. The normalized spacial score (nSPS) is 23.0. The second kappa shape index (κ2) is 9.77. The molecule has 1 spiro atoms. The number of allylic oxidation sites excluding steroid dienone is 2. The number of Topliss-reactive ketones (excluding diaryl/α,β-unsaturated/α-hetero) is 2. The molecule has 11 heteroatoms. The second-order valence-corrected chi connectivity index (χ2v) is 10.9. The Labute approximate surface area is 245 Å². The number of carbonyl (C=O) groups is 3. The second-order valence-electron chi connectivity index (χ2n) is 10.5. The van der Waals surface area contributed by atoms with Crippen LogP contribution in [0.15, 0.2) is 63.7 Å². The summed E-state index contributed by atoms with van der Waals surface area (Å²) in [7, 11) is 4.02. The highest BCUT2D eigenvalue weighted by Gasteiger charge is 2.64. The lowest BCUT2D eigenvalue weighted by Crippen LogP contribution is -2.58. The molecule has 0 radical (unpaired) electrons. The van der Waals surface area contributed by atoms with Crippen LogP contribution in [0.25, 0.3) is 10.9 Å². The Kier molecular flexibility index (Phi) is 6.42. The summed E-state index contributed by atoms with van der Waals surface area (Å²) in [5.74, 6) is -3.51. The molecule has 1 aliphatic carbocycles. The van der Waals surface area contributed by atoms with E-state index in [0.29, 0.717) is 22.3 Å². The van der Waals surface area contributed by atoms with Crippen LogP contribution in [0.5, 0.6) is 17.2 Å². The van der Waals surface area contributed by atoms with Gasteiger partial charge in [0.15, 0.2) is 5.75 Å². The van der Waals surface area contributed by atoms with Gasteiger partial charge in [0.05, 0.1) is 32.8 Å². The van der Waals surface area contributed by atoms with Crippen molar-refractivity contribution in [1.82, 2.24) is 10.3 Å². The number of ketones is 2. The van der Waals surface area contributed by atoms with Crippen LogP contribution in [0, 0.1) is 5.92 Å². The molecule has 3 aliphatic rings. The average Bonchev–Trinajstić information content (AvgIpc) is 3.29. The molecular weight excluding hydrogens is 564 g/mol. The molecule has 1 aromatic heterocycles. The number of methoxy groups -OCH3 is 3. The van der Waals surface area contributed by atoms with Crippen LogP contribution in [-0.4, -0.2) is 49.5 Å². The van der Waals surface area contributed by atoms with Gasteiger partial charge in [-0.3, -0.25) is 14.4 Å². The van der Waals surface area contributed by atoms with Gasteiger partial charge in [-0.2, -0.15) is 0 Å². The highest BCUT2D eigenvalue weighted by atomic mass is 35.5. The molecule has 0 saturated heterocycles. The van der Waals surface area contributed by atoms with E-state index in [1.165, 1.54) is 27.4 Å². The van der Waals surface area contributed by atoms with Crippen molar-refractivity contribution in [3.05, 3.63) is 85.4 Å². The minimum absolute atomic E-state index is 0.0218. The van der Waals surface area contributed by atoms with Crippen LogP contribution in [0.4, 0.5) is 0 Å². The van der Waals surface area contributed by atoms with Gasteiger partial charge in [0.2, 0.25) is 17.2 Å². The van der Waals surface area contributed by atoms with Gasteiger partial charge in [-0.1, -0.05) is 36.7 Å². The average molecular weight is 591 g/mol. The summed E-state index contributed by atoms with van der Waals surface area (Å²) in [5, 5.41) is 3.90. The van der Waals surface area contributed by atoms with E-state index in [2.05, 4.69) is 10.3 Å². The standard InChI is InChI=1S/C31H27ClN2O8/c1-13-10-18-23(27(35)31(13)28(36)24-19(39-3)12-20(40-4)25(32)26(24)42-31)22(21(14(2)33-18)30(38)41-5)16-11-15-8-6-7-9-17(15)34-29(16)37/h6-9,11-13,22,33H,10H2,1-5H3,(H,34,37). The third kappa shape index (κ3) is 3.64. The topological polar surface area (TPSA) is 133 Å². The first-order chi connectivity index (χ1) is 20.1. The lowest BCUT2D eigenvalue weighted by molar-refractivity contribution is -0.136. The molecule has 3 unspecified atom stereocenters. The number of dihydropyridines is 1. The predicted molar refractivity (Wildman–Crippen MR) is 153 cm³/mol. The largest absolute Gasteiger partial charge is 0.496 e. The van der Waals surface area contributed by atoms with Crippen LogP contribution in [0.2, 0.25) is 5.02 Å². The van der Waals surface area contributed by atoms with Gasteiger partial charge < -0.3 is 29.2 Å². The lowest BCUT2D eigenvalue weighted by Gasteiger charge is -2.42. The molecule has 216 valence electrons. The summed E-state index contributed by atoms with van der Waals surface area (Å²) in [4.78, 5) is 58.7. The van der Waals surface area contributed by atoms with Crippen molar-refractivity contribution in [3.63, 3.8) is 0 Å². The van der Waals surface area contributed by atoms with E-state index in [4.69, 9.17) is 30.5 Å². The number of halogens is 1. The van der Waals surface area contributed by atoms with Crippen LogP contribution in [0.3, 0.4) is 0 Å². The van der Waals surface area contributed by atoms with Crippen molar-refractivity contribution in [2.45, 2.75) is 31.8 Å². The van der Waals surface area contributed by atoms with Gasteiger partial charge >= 0.3 is 5.97 Å². The molecule has 0 fully saturated rings. The van der Waals surface area contributed by atoms with Gasteiger partial charge in [0.1, 0.15) is 22.1 Å². The van der Waals surface area contributed by atoms with Gasteiger partial charge in [0.25, 0.3) is 5.56 Å². The number of carbonyl (C=O) groups excluding carboxylic acids is 3. The minimum Gasteiger partial charge on any atom is -0.496 e. The third-order valence-corrected chi connectivity index (χ3v) is 8.71. The number of nitrogens with one attached hydrogen (secondary N) is 2. The van der Waals surface area contributed by atoms with Gasteiger partial charge in [-0.15, -0.1) is 0 Å². The Morgan fingerprint density at radius 3 is 2.45 bits per heavy atom. The molecule has 3 heterocycles. The van der Waals surface area contributed by atoms with Gasteiger partial charge in [-0.25, -0.2) is 4.79 Å². The fraction of sp³-hybridized carbons (Fsp3) is 0.290. The van der Waals surface area contributed by atoms with E-state index in [1.54, 1.807) is 32.0 Å². The van der Waals surface area contributed by atoms with E-state index < -0.39 is 40.5 Å². The zero-order valence-corrected chi connectivity index (χ0v) is 24.2. The molecule has 42 heavy (non-hydrogen) atoms. The lowest BCUT2D eigenvalue weighted by atomic mass is 9.65. The van der Waals surface area contributed by atoms with Gasteiger partial charge in [0, 0.05) is 40.0 Å². The van der Waals surface area contributed by atoms with Crippen molar-refractivity contribution in [2.75, 3.05) is 21.3 Å². The number of ether oxygens (including phenoxy) is 4. The van der Waals surface area contributed by atoms with E-state index in [9.17, 15) is 19.2 Å². The summed E-state index contributed by atoms with van der Waals surface area (Å²) in [6.45, 7) is 3.42. The first kappa shape index (κ1) is 27.6. The molecule has 2 N–H and O–H groups in total. The highest BCUT2D eigenvalue weighted by Crippen LogP contribution is 2.55. The Morgan fingerprint density at radius 2 is 1.76 bits per heavy atom. The molecule has 0 amide bonds. The molecule has 2 aromatic carbocycles. The molecule has 10 nitrogen and oxygen atoms in total. The number of hydrogen-bond acceptors (Lipinski definition) is 9. The Bertz CT molecular complexity index is 1860. The summed E-state index contributed by atoms with van der Waals surface area (Å²) in [6.07, 6.45) is 0.200. The number of hydrogen-bond donors (Lipinski definition) is 2. The van der Waals surface area contributed by atoms with Crippen molar-refractivity contribution < 1.29 is 33.3 Å². The molecule has 3 aromatic rings. The maximum absolute atomic E-state index is 14.8. The number of H-pyrrole nitrogens is 1. The molecule has 6 rings (SSSR count). The van der Waals surface area contributed by atoms with Crippen LogP contribution >= 0.6 is 11.6 Å². The van der Waals surface area contributed by atoms with Crippen molar-refractivity contribution in [1.29, 1.82) is 0 Å². The third-order valence-electron chi connectivity index (χ3n) is 8.35. The number of fused-ring (bicyclic) bond motifs is 2. The van der Waals surface area contributed by atoms with Crippen LogP contribution in [0.1, 0.15) is 42.1 Å². The van der Waals surface area contributed by atoms with E-state index in [0.717, 1.165) is 0 Å². The first-order valence-electron chi connectivity index (χ1n) is 13.2. The van der Waals surface area contributed by atoms with Gasteiger partial charge in [-0.05, 0) is 30.9 Å². The number of rotatable bonds is 4. The summed E-state index contributed by atoms with van der Waals surface area (Å²) in [6, 6.07) is 10.3.